The summed E-state index contributed by atoms with van der Waals surface area (Å²) in [5.74, 6) is 0.0329. The first-order valence-corrected chi connectivity index (χ1v) is 9.46. The van der Waals surface area contributed by atoms with Gasteiger partial charge in [0.25, 0.3) is 5.91 Å². The van der Waals surface area contributed by atoms with Crippen molar-refractivity contribution in [2.75, 3.05) is 46.0 Å². The molecule has 1 atom stereocenters. The van der Waals surface area contributed by atoms with E-state index in [4.69, 9.17) is 9.47 Å². The van der Waals surface area contributed by atoms with Crippen molar-refractivity contribution in [1.82, 2.24) is 9.80 Å². The first-order valence-electron chi connectivity index (χ1n) is 9.46. The maximum atomic E-state index is 12.7. The van der Waals surface area contributed by atoms with Gasteiger partial charge < -0.3 is 19.3 Å². The smallest absolute Gasteiger partial charge is 0.253 e. The molecule has 2 amide bonds. The molecule has 1 aromatic carbocycles. The van der Waals surface area contributed by atoms with E-state index >= 15 is 0 Å². The minimum absolute atomic E-state index is 0.00662. The fourth-order valence-electron chi connectivity index (χ4n) is 3.48. The van der Waals surface area contributed by atoms with Crippen molar-refractivity contribution in [3.8, 4) is 0 Å². The highest BCUT2D eigenvalue weighted by Gasteiger charge is 2.23. The predicted molar refractivity (Wildman–Crippen MR) is 98.1 cm³/mol. The summed E-state index contributed by atoms with van der Waals surface area (Å²) in [5.41, 5.74) is 1.79. The minimum Gasteiger partial charge on any atom is -0.376 e. The summed E-state index contributed by atoms with van der Waals surface area (Å²) in [4.78, 5) is 28.7. The highest BCUT2D eigenvalue weighted by atomic mass is 16.5. The SMILES string of the molecule is Cc1cccc(C(=O)N2CCCN(C(=O)COCC3CCCO3)CC2)c1. The van der Waals surface area contributed by atoms with E-state index in [2.05, 4.69) is 0 Å². The second-order valence-corrected chi connectivity index (χ2v) is 7.05. The van der Waals surface area contributed by atoms with Gasteiger partial charge in [0.1, 0.15) is 6.61 Å². The number of hydrogen-bond donors (Lipinski definition) is 0. The van der Waals surface area contributed by atoms with Gasteiger partial charge >= 0.3 is 0 Å². The van der Waals surface area contributed by atoms with Gasteiger partial charge in [0.15, 0.2) is 0 Å². The maximum Gasteiger partial charge on any atom is 0.253 e. The zero-order valence-corrected chi connectivity index (χ0v) is 15.5. The van der Waals surface area contributed by atoms with Crippen molar-refractivity contribution in [2.45, 2.75) is 32.3 Å². The van der Waals surface area contributed by atoms with Crippen LogP contribution >= 0.6 is 0 Å². The maximum absolute atomic E-state index is 12.7. The molecule has 0 aromatic heterocycles. The average molecular weight is 360 g/mol. The van der Waals surface area contributed by atoms with Gasteiger partial charge in [-0.25, -0.2) is 0 Å². The Balaban J connectivity index is 1.46. The van der Waals surface area contributed by atoms with Crippen molar-refractivity contribution in [3.63, 3.8) is 0 Å². The molecule has 2 heterocycles. The lowest BCUT2D eigenvalue weighted by Crippen LogP contribution is -2.39. The fraction of sp³-hybridized carbons (Fsp3) is 0.600. The van der Waals surface area contributed by atoms with Crippen LogP contribution < -0.4 is 0 Å². The molecule has 2 saturated heterocycles. The molecular formula is C20H28N2O4. The number of ether oxygens (including phenoxy) is 2. The molecule has 0 bridgehead atoms. The van der Waals surface area contributed by atoms with Crippen molar-refractivity contribution in [3.05, 3.63) is 35.4 Å². The van der Waals surface area contributed by atoms with Crippen molar-refractivity contribution in [1.29, 1.82) is 0 Å². The Morgan fingerprint density at radius 3 is 2.73 bits per heavy atom. The summed E-state index contributed by atoms with van der Waals surface area (Å²) >= 11 is 0. The standard InChI is InChI=1S/C20H28N2O4/c1-16-5-2-6-17(13-16)20(24)22-9-4-8-21(10-11-22)19(23)15-25-14-18-7-3-12-26-18/h2,5-6,13,18H,3-4,7-12,14-15H2,1H3. The third kappa shape index (κ3) is 5.05. The van der Waals surface area contributed by atoms with Gasteiger partial charge in [-0.15, -0.1) is 0 Å². The highest BCUT2D eigenvalue weighted by molar-refractivity contribution is 5.94. The van der Waals surface area contributed by atoms with Crippen molar-refractivity contribution < 1.29 is 19.1 Å². The largest absolute Gasteiger partial charge is 0.376 e. The Morgan fingerprint density at radius 1 is 1.15 bits per heavy atom. The van der Waals surface area contributed by atoms with Crippen LogP contribution in [0.25, 0.3) is 0 Å². The normalized spacial score (nSPS) is 20.9. The molecule has 0 radical (unpaired) electrons. The van der Waals surface area contributed by atoms with Gasteiger partial charge in [-0.1, -0.05) is 17.7 Å². The molecule has 1 unspecified atom stereocenters. The van der Waals surface area contributed by atoms with E-state index in [1.807, 2.05) is 36.1 Å². The molecule has 1 aromatic rings. The number of rotatable bonds is 5. The topological polar surface area (TPSA) is 59.1 Å². The minimum atomic E-state index is -0.00662. The van der Waals surface area contributed by atoms with Crippen LogP contribution in [0.5, 0.6) is 0 Å². The van der Waals surface area contributed by atoms with Crippen molar-refractivity contribution in [2.24, 2.45) is 0 Å². The van der Waals surface area contributed by atoms with E-state index in [9.17, 15) is 9.59 Å². The fourth-order valence-corrected chi connectivity index (χ4v) is 3.48. The number of aryl methyl sites for hydroxylation is 1. The third-order valence-corrected chi connectivity index (χ3v) is 4.95. The van der Waals surface area contributed by atoms with Crippen LogP contribution in [-0.4, -0.2) is 73.7 Å². The first-order chi connectivity index (χ1) is 12.6. The Labute approximate surface area is 155 Å². The number of carbonyl (C=O) groups is 2. The summed E-state index contributed by atoms with van der Waals surface area (Å²) in [7, 11) is 0. The first kappa shape index (κ1) is 18.9. The second-order valence-electron chi connectivity index (χ2n) is 7.05. The molecule has 0 saturated carbocycles. The molecule has 2 aliphatic rings. The summed E-state index contributed by atoms with van der Waals surface area (Å²) in [6.45, 7) is 5.80. The van der Waals surface area contributed by atoms with E-state index in [1.54, 1.807) is 4.90 Å². The Hall–Kier alpha value is -1.92. The van der Waals surface area contributed by atoms with Gasteiger partial charge in [0.05, 0.1) is 12.7 Å². The summed E-state index contributed by atoms with van der Waals surface area (Å²) in [5, 5.41) is 0. The van der Waals surface area contributed by atoms with Gasteiger partial charge in [-0.05, 0) is 38.3 Å². The summed E-state index contributed by atoms with van der Waals surface area (Å²) in [6, 6.07) is 7.65. The quantitative estimate of drug-likeness (QED) is 0.804. The van der Waals surface area contributed by atoms with E-state index < -0.39 is 0 Å². The van der Waals surface area contributed by atoms with E-state index in [0.29, 0.717) is 38.3 Å². The van der Waals surface area contributed by atoms with Crippen LogP contribution in [0.4, 0.5) is 0 Å². The van der Waals surface area contributed by atoms with E-state index in [1.165, 1.54) is 0 Å². The van der Waals surface area contributed by atoms with E-state index in [-0.39, 0.29) is 24.5 Å². The molecule has 6 heteroatoms. The number of nitrogens with zero attached hydrogens (tertiary/aromatic N) is 2. The lowest BCUT2D eigenvalue weighted by Gasteiger charge is -2.22. The highest BCUT2D eigenvalue weighted by Crippen LogP contribution is 2.13. The molecule has 0 aliphatic carbocycles. The molecule has 6 nitrogen and oxygen atoms in total. The summed E-state index contributed by atoms with van der Waals surface area (Å²) in [6.07, 6.45) is 3.00. The molecule has 26 heavy (non-hydrogen) atoms. The zero-order chi connectivity index (χ0) is 18.4. The van der Waals surface area contributed by atoms with Gasteiger partial charge in [0.2, 0.25) is 5.91 Å². The van der Waals surface area contributed by atoms with Gasteiger partial charge in [-0.2, -0.15) is 0 Å². The van der Waals surface area contributed by atoms with Crippen LogP contribution in [0.1, 0.15) is 35.2 Å². The number of carbonyl (C=O) groups excluding carboxylic acids is 2. The third-order valence-electron chi connectivity index (χ3n) is 4.95. The molecule has 142 valence electrons. The second kappa shape index (κ2) is 9.14. The number of amides is 2. The Morgan fingerprint density at radius 2 is 1.96 bits per heavy atom. The summed E-state index contributed by atoms with van der Waals surface area (Å²) < 4.78 is 11.0. The van der Waals surface area contributed by atoms with Crippen LogP contribution in [0.15, 0.2) is 24.3 Å². The number of hydrogen-bond acceptors (Lipinski definition) is 4. The van der Waals surface area contributed by atoms with Crippen molar-refractivity contribution >= 4 is 11.8 Å². The van der Waals surface area contributed by atoms with Gasteiger partial charge in [0, 0.05) is 38.3 Å². The zero-order valence-electron chi connectivity index (χ0n) is 15.5. The lowest BCUT2D eigenvalue weighted by atomic mass is 10.1. The average Bonchev–Trinajstić information content (AvgIpc) is 3.03. The van der Waals surface area contributed by atoms with Crippen LogP contribution in [-0.2, 0) is 14.3 Å². The van der Waals surface area contributed by atoms with Gasteiger partial charge in [-0.3, -0.25) is 9.59 Å². The Bertz CT molecular complexity index is 628. The molecule has 2 fully saturated rings. The monoisotopic (exact) mass is 360 g/mol. The predicted octanol–water partition coefficient (Wildman–Crippen LogP) is 1.87. The molecule has 0 spiro atoms. The molecular weight excluding hydrogens is 332 g/mol. The van der Waals surface area contributed by atoms with E-state index in [0.717, 1.165) is 31.4 Å². The lowest BCUT2D eigenvalue weighted by molar-refractivity contribution is -0.137. The number of benzene rings is 1. The molecule has 2 aliphatic heterocycles. The molecule has 0 N–H and O–H groups in total. The van der Waals surface area contributed by atoms with Crippen LogP contribution in [0.3, 0.4) is 0 Å². The Kier molecular flexibility index (Phi) is 6.63. The van der Waals surface area contributed by atoms with Crippen LogP contribution in [0, 0.1) is 6.92 Å². The van der Waals surface area contributed by atoms with Crippen LogP contribution in [0.2, 0.25) is 0 Å². The molecule has 3 rings (SSSR count).